The Morgan fingerprint density at radius 1 is 1.33 bits per heavy atom. The molecule has 18 heavy (non-hydrogen) atoms. The zero-order chi connectivity index (χ0) is 13.9. The number of urea groups is 1. The molecule has 1 aliphatic heterocycles. The van der Waals surface area contributed by atoms with Crippen molar-refractivity contribution < 1.29 is 14.7 Å². The monoisotopic (exact) mass is 256 g/mol. The quantitative estimate of drug-likeness (QED) is 0.803. The third-order valence-corrected chi connectivity index (χ3v) is 3.93. The standard InChI is InChI=1S/C13H24N2O3/c1-8(2)9(3)5-14-13(18)15-6-10(4)11(7-15)12(16)17/h8-11H,5-7H2,1-4H3,(H,14,18)(H,16,17). The average Bonchev–Trinajstić information content (AvgIpc) is 2.67. The molecule has 1 fully saturated rings. The Hall–Kier alpha value is -1.26. The fourth-order valence-electron chi connectivity index (χ4n) is 2.05. The van der Waals surface area contributed by atoms with Gasteiger partial charge in [-0.15, -0.1) is 0 Å². The molecule has 1 saturated heterocycles. The Labute approximate surface area is 109 Å². The molecule has 5 heteroatoms. The predicted molar refractivity (Wildman–Crippen MR) is 69.3 cm³/mol. The summed E-state index contributed by atoms with van der Waals surface area (Å²) in [5.41, 5.74) is 0. The lowest BCUT2D eigenvalue weighted by molar-refractivity contribution is -0.142. The SMILES string of the molecule is CC(C)C(C)CNC(=O)N1CC(C)C(C(=O)O)C1. The number of carboxylic acid groups (broad SMARTS) is 1. The average molecular weight is 256 g/mol. The first-order valence-corrected chi connectivity index (χ1v) is 6.58. The normalized spacial score (nSPS) is 25.3. The number of aliphatic carboxylic acids is 1. The number of hydrogen-bond acceptors (Lipinski definition) is 2. The van der Waals surface area contributed by atoms with E-state index in [1.54, 1.807) is 4.90 Å². The molecule has 0 spiro atoms. The summed E-state index contributed by atoms with van der Waals surface area (Å²) in [4.78, 5) is 24.5. The number of carboxylic acids is 1. The number of nitrogens with zero attached hydrogens (tertiary/aromatic N) is 1. The largest absolute Gasteiger partial charge is 0.481 e. The zero-order valence-corrected chi connectivity index (χ0v) is 11.6. The van der Waals surface area contributed by atoms with Crippen LogP contribution in [0.3, 0.4) is 0 Å². The molecule has 1 heterocycles. The topological polar surface area (TPSA) is 69.6 Å². The number of nitrogens with one attached hydrogen (secondary N) is 1. The van der Waals surface area contributed by atoms with E-state index in [0.717, 1.165) is 0 Å². The Kier molecular flexibility index (Phi) is 4.99. The minimum Gasteiger partial charge on any atom is -0.481 e. The third kappa shape index (κ3) is 3.62. The van der Waals surface area contributed by atoms with Crippen LogP contribution in [0, 0.1) is 23.7 Å². The van der Waals surface area contributed by atoms with E-state index in [1.807, 2.05) is 6.92 Å². The summed E-state index contributed by atoms with van der Waals surface area (Å²) in [5.74, 6) is -0.277. The van der Waals surface area contributed by atoms with Crippen molar-refractivity contribution in [2.75, 3.05) is 19.6 Å². The highest BCUT2D eigenvalue weighted by molar-refractivity contribution is 5.77. The van der Waals surface area contributed by atoms with Gasteiger partial charge in [-0.25, -0.2) is 4.79 Å². The summed E-state index contributed by atoms with van der Waals surface area (Å²) in [6.45, 7) is 9.70. The molecule has 1 rings (SSSR count). The van der Waals surface area contributed by atoms with Gasteiger partial charge in [0.2, 0.25) is 0 Å². The number of amides is 2. The molecule has 0 aromatic heterocycles. The van der Waals surface area contributed by atoms with Gasteiger partial charge in [0.15, 0.2) is 0 Å². The van der Waals surface area contributed by atoms with Gasteiger partial charge in [0.1, 0.15) is 0 Å². The Morgan fingerprint density at radius 3 is 2.39 bits per heavy atom. The van der Waals surface area contributed by atoms with E-state index in [4.69, 9.17) is 5.11 Å². The van der Waals surface area contributed by atoms with Gasteiger partial charge in [-0.1, -0.05) is 27.7 Å². The first-order chi connectivity index (χ1) is 8.32. The van der Waals surface area contributed by atoms with Crippen LogP contribution in [0.15, 0.2) is 0 Å². The van der Waals surface area contributed by atoms with Gasteiger partial charge in [-0.3, -0.25) is 4.79 Å². The first kappa shape index (κ1) is 14.8. The smallest absolute Gasteiger partial charge is 0.317 e. The lowest BCUT2D eigenvalue weighted by Crippen LogP contribution is -2.41. The lowest BCUT2D eigenvalue weighted by atomic mass is 9.98. The van der Waals surface area contributed by atoms with Crippen molar-refractivity contribution in [1.82, 2.24) is 10.2 Å². The lowest BCUT2D eigenvalue weighted by Gasteiger charge is -2.20. The van der Waals surface area contributed by atoms with E-state index in [0.29, 0.717) is 31.5 Å². The van der Waals surface area contributed by atoms with E-state index >= 15 is 0 Å². The molecular formula is C13H24N2O3. The fraction of sp³-hybridized carbons (Fsp3) is 0.846. The molecule has 5 nitrogen and oxygen atoms in total. The summed E-state index contributed by atoms with van der Waals surface area (Å²) in [7, 11) is 0. The highest BCUT2D eigenvalue weighted by Gasteiger charge is 2.36. The minimum absolute atomic E-state index is 0.0239. The van der Waals surface area contributed by atoms with E-state index in [1.165, 1.54) is 0 Å². The van der Waals surface area contributed by atoms with Crippen LogP contribution in [0.1, 0.15) is 27.7 Å². The van der Waals surface area contributed by atoms with Crippen LogP contribution < -0.4 is 5.32 Å². The van der Waals surface area contributed by atoms with Gasteiger partial charge in [-0.2, -0.15) is 0 Å². The van der Waals surface area contributed by atoms with Crippen molar-refractivity contribution in [3.05, 3.63) is 0 Å². The van der Waals surface area contributed by atoms with Crippen LogP contribution in [0.2, 0.25) is 0 Å². The summed E-state index contributed by atoms with van der Waals surface area (Å²) in [6.07, 6.45) is 0. The number of carbonyl (C=O) groups excluding carboxylic acids is 1. The summed E-state index contributed by atoms with van der Waals surface area (Å²) < 4.78 is 0. The van der Waals surface area contributed by atoms with Gasteiger partial charge in [0, 0.05) is 19.6 Å². The van der Waals surface area contributed by atoms with Crippen LogP contribution in [-0.2, 0) is 4.79 Å². The number of carbonyl (C=O) groups is 2. The number of hydrogen-bond donors (Lipinski definition) is 2. The molecule has 3 atom stereocenters. The van der Waals surface area contributed by atoms with Crippen LogP contribution in [-0.4, -0.2) is 41.6 Å². The molecule has 2 amide bonds. The highest BCUT2D eigenvalue weighted by atomic mass is 16.4. The molecule has 2 N–H and O–H groups in total. The summed E-state index contributed by atoms with van der Waals surface area (Å²) in [6, 6.07) is -0.141. The highest BCUT2D eigenvalue weighted by Crippen LogP contribution is 2.23. The number of rotatable bonds is 4. The summed E-state index contributed by atoms with van der Waals surface area (Å²) >= 11 is 0. The van der Waals surface area contributed by atoms with Gasteiger partial charge >= 0.3 is 12.0 Å². The van der Waals surface area contributed by atoms with Gasteiger partial charge < -0.3 is 15.3 Å². The van der Waals surface area contributed by atoms with E-state index in [9.17, 15) is 9.59 Å². The second-order valence-electron chi connectivity index (χ2n) is 5.73. The molecular weight excluding hydrogens is 232 g/mol. The zero-order valence-electron chi connectivity index (χ0n) is 11.6. The van der Waals surface area contributed by atoms with E-state index in [2.05, 4.69) is 26.1 Å². The van der Waals surface area contributed by atoms with Crippen LogP contribution in [0.4, 0.5) is 4.79 Å². The maximum absolute atomic E-state index is 11.9. The van der Waals surface area contributed by atoms with Crippen molar-refractivity contribution in [2.24, 2.45) is 23.7 Å². The Balaban J connectivity index is 2.42. The van der Waals surface area contributed by atoms with Crippen molar-refractivity contribution in [3.8, 4) is 0 Å². The molecule has 104 valence electrons. The maximum Gasteiger partial charge on any atom is 0.317 e. The van der Waals surface area contributed by atoms with Crippen LogP contribution >= 0.6 is 0 Å². The molecule has 0 bridgehead atoms. The second-order valence-corrected chi connectivity index (χ2v) is 5.73. The minimum atomic E-state index is -0.812. The molecule has 0 saturated carbocycles. The molecule has 3 unspecified atom stereocenters. The molecule has 0 radical (unpaired) electrons. The first-order valence-electron chi connectivity index (χ1n) is 6.58. The number of likely N-dealkylation sites (tertiary alicyclic amines) is 1. The van der Waals surface area contributed by atoms with Gasteiger partial charge in [0.25, 0.3) is 0 Å². The van der Waals surface area contributed by atoms with Crippen LogP contribution in [0.5, 0.6) is 0 Å². The fourth-order valence-corrected chi connectivity index (χ4v) is 2.05. The van der Waals surface area contributed by atoms with Crippen molar-refractivity contribution in [1.29, 1.82) is 0 Å². The van der Waals surface area contributed by atoms with Crippen molar-refractivity contribution >= 4 is 12.0 Å². The maximum atomic E-state index is 11.9. The predicted octanol–water partition coefficient (Wildman–Crippen LogP) is 1.64. The molecule has 0 aromatic carbocycles. The Bertz CT molecular complexity index is 317. The Morgan fingerprint density at radius 2 is 1.94 bits per heavy atom. The van der Waals surface area contributed by atoms with Gasteiger partial charge in [0.05, 0.1) is 5.92 Å². The molecule has 0 aliphatic carbocycles. The van der Waals surface area contributed by atoms with Crippen molar-refractivity contribution in [2.45, 2.75) is 27.7 Å². The second kappa shape index (κ2) is 6.07. The molecule has 0 aromatic rings. The molecule has 1 aliphatic rings. The summed E-state index contributed by atoms with van der Waals surface area (Å²) in [5, 5.41) is 11.9. The van der Waals surface area contributed by atoms with E-state index < -0.39 is 11.9 Å². The third-order valence-electron chi connectivity index (χ3n) is 3.93. The van der Waals surface area contributed by atoms with Gasteiger partial charge in [-0.05, 0) is 17.8 Å². The van der Waals surface area contributed by atoms with Crippen molar-refractivity contribution in [3.63, 3.8) is 0 Å². The van der Waals surface area contributed by atoms with E-state index in [-0.39, 0.29) is 11.9 Å². The van der Waals surface area contributed by atoms with Crippen LogP contribution in [0.25, 0.3) is 0 Å².